The molecule has 2 aromatic rings. The third kappa shape index (κ3) is 19.9. The van der Waals surface area contributed by atoms with Gasteiger partial charge in [-0.25, -0.2) is 0 Å². The van der Waals surface area contributed by atoms with Gasteiger partial charge in [-0.15, -0.1) is 0 Å². The van der Waals surface area contributed by atoms with E-state index >= 15 is 0 Å². The highest BCUT2D eigenvalue weighted by atomic mass is 79.9. The number of aryl methyl sites for hydroxylation is 2. The Hall–Kier alpha value is -0.380. The number of amides is 1. The van der Waals surface area contributed by atoms with Crippen molar-refractivity contribution in [2.45, 2.75) is 0 Å². The van der Waals surface area contributed by atoms with Crippen LogP contribution in [0.3, 0.4) is 0 Å². The maximum absolute atomic E-state index is 10.2. The minimum atomic E-state index is -3.22. The van der Waals surface area contributed by atoms with Crippen LogP contribution in [0.25, 0.3) is 0 Å². The van der Waals surface area contributed by atoms with Crippen LogP contribution < -0.4 is 0 Å². The molecule has 0 atom stereocenters. The van der Waals surface area contributed by atoms with Gasteiger partial charge in [0.15, 0.2) is 6.29 Å². The summed E-state index contributed by atoms with van der Waals surface area (Å²) in [6, 6.07) is 1.89. The van der Waals surface area contributed by atoms with Crippen LogP contribution in [0, 0.1) is 0 Å². The third-order valence-electron chi connectivity index (χ3n) is 1.83. The summed E-state index contributed by atoms with van der Waals surface area (Å²) < 4.78 is 14.3. The number of aromatic nitrogens is 4. The van der Waals surface area contributed by atoms with E-state index in [0.29, 0.717) is 10.2 Å². The largest absolute Gasteiger partial charge is 0.351 e. The molecule has 1 amide bonds. The number of carbonyl (C=O) groups excluding carboxylic acids is 2. The fourth-order valence-corrected chi connectivity index (χ4v) is 1.76. The molecule has 0 unspecified atom stereocenters. The second-order valence-corrected chi connectivity index (χ2v) is 12.6. The lowest BCUT2D eigenvalue weighted by molar-refractivity contribution is -0.115. The maximum atomic E-state index is 10.2. The van der Waals surface area contributed by atoms with E-state index in [1.165, 1.54) is 4.90 Å². The van der Waals surface area contributed by atoms with Crippen LogP contribution in [-0.4, -0.2) is 51.3 Å². The smallest absolute Gasteiger partial charge is 0.339 e. The van der Waals surface area contributed by atoms with Gasteiger partial charge in [-0.1, -0.05) is 0 Å². The Labute approximate surface area is 182 Å². The lowest BCUT2D eigenvalue weighted by Gasteiger charge is -1.93. The lowest BCUT2D eigenvalue weighted by atomic mass is 10.4. The average molecular weight is 576 g/mol. The van der Waals surface area contributed by atoms with Crippen molar-refractivity contribution in [1.82, 2.24) is 24.5 Å². The lowest BCUT2D eigenvalue weighted by Crippen LogP contribution is -2.06. The highest BCUT2D eigenvalue weighted by Crippen LogP contribution is 2.61. The molecule has 0 aliphatic rings. The first-order valence-electron chi connectivity index (χ1n) is 6.40. The van der Waals surface area contributed by atoms with Crippen molar-refractivity contribution in [3.05, 3.63) is 33.2 Å². The van der Waals surface area contributed by atoms with Gasteiger partial charge in [-0.05, 0) is 71.6 Å². The van der Waals surface area contributed by atoms with Crippen molar-refractivity contribution in [2.24, 2.45) is 14.1 Å². The van der Waals surface area contributed by atoms with Gasteiger partial charge in [-0.3, -0.25) is 23.5 Å². The SMILES string of the molecule is CN(C)C=O.Cn1cc(C=O)c(Br)n1.Cn1ccc(Br)n1.O=P(Cl)(Cl)Cl. The fraction of sp³-hybridized carbons (Fsp3) is 0.333. The normalized spacial score (nSPS) is 9.42. The summed E-state index contributed by atoms with van der Waals surface area (Å²) in [6.45, 7) is 0. The van der Waals surface area contributed by atoms with Crippen molar-refractivity contribution in [1.29, 1.82) is 0 Å². The molecule has 2 heterocycles. The monoisotopic (exact) mass is 573 g/mol. The van der Waals surface area contributed by atoms with Gasteiger partial charge in [0.1, 0.15) is 9.21 Å². The summed E-state index contributed by atoms with van der Waals surface area (Å²) in [5.41, 5.74) is 0.581. The summed E-state index contributed by atoms with van der Waals surface area (Å²) in [4.78, 5) is 21.0. The summed E-state index contributed by atoms with van der Waals surface area (Å²) in [5, 5.41) is 4.61. The van der Waals surface area contributed by atoms with E-state index in [4.69, 9.17) is 0 Å². The molecule has 0 saturated heterocycles. The van der Waals surface area contributed by atoms with Crippen LogP contribution in [0.15, 0.2) is 27.7 Å². The van der Waals surface area contributed by atoms with E-state index in [1.54, 1.807) is 36.7 Å². The molecule has 0 aliphatic heterocycles. The first-order chi connectivity index (χ1) is 11.8. The number of hydrogen-bond donors (Lipinski definition) is 0. The summed E-state index contributed by atoms with van der Waals surface area (Å²) in [5.74, 6) is 0. The summed E-state index contributed by atoms with van der Waals surface area (Å²) in [7, 11) is 7.02. The fourth-order valence-electron chi connectivity index (χ4n) is 0.945. The standard InChI is InChI=1S/C5H5BrN2O.C4H5BrN2.C3H7NO.Cl3OP/c1-8-2-4(3-9)5(6)7-8;1-7-3-2-4(5)6-7;1-4(2)3-5;1-5(2,3)4/h2-3H,1H3;2-3H,1H3;3H,1-2H3;. The Morgan fingerprint density at radius 1 is 1.12 bits per heavy atom. The highest BCUT2D eigenvalue weighted by molar-refractivity contribution is 9.10. The molecule has 0 aliphatic carbocycles. The molecule has 2 aromatic heterocycles. The molecule has 0 N–H and O–H groups in total. The van der Waals surface area contributed by atoms with Crippen LogP contribution in [0.5, 0.6) is 0 Å². The van der Waals surface area contributed by atoms with Crippen molar-refractivity contribution in [3.8, 4) is 0 Å². The number of carbonyl (C=O) groups is 2. The number of hydrogen-bond acceptors (Lipinski definition) is 5. The minimum absolute atomic E-state index is 0.581. The molecule has 0 spiro atoms. The van der Waals surface area contributed by atoms with Gasteiger partial charge in [-0.2, -0.15) is 10.2 Å². The van der Waals surface area contributed by atoms with E-state index in [0.717, 1.165) is 17.3 Å². The number of nitrogens with zero attached hydrogens (tertiary/aromatic N) is 5. The van der Waals surface area contributed by atoms with Crippen molar-refractivity contribution in [2.75, 3.05) is 14.1 Å². The van der Waals surface area contributed by atoms with Crippen molar-refractivity contribution >= 4 is 83.5 Å². The number of halogens is 5. The van der Waals surface area contributed by atoms with Gasteiger partial charge in [0.2, 0.25) is 6.41 Å². The van der Waals surface area contributed by atoms with E-state index < -0.39 is 5.20 Å². The first kappa shape index (κ1) is 27.8. The highest BCUT2D eigenvalue weighted by Gasteiger charge is 2.03. The van der Waals surface area contributed by atoms with Crippen LogP contribution in [0.1, 0.15) is 10.4 Å². The Balaban J connectivity index is 0. The quantitative estimate of drug-likeness (QED) is 0.382. The van der Waals surface area contributed by atoms with E-state index in [9.17, 15) is 14.2 Å². The number of aldehydes is 1. The van der Waals surface area contributed by atoms with E-state index in [1.807, 2.05) is 19.3 Å². The first-order valence-corrected chi connectivity index (χ1v) is 12.4. The molecule has 0 saturated carbocycles. The molecule has 26 heavy (non-hydrogen) atoms. The molecule has 14 heteroatoms. The summed E-state index contributed by atoms with van der Waals surface area (Å²) >= 11 is 20.2. The molecular weight excluding hydrogens is 559 g/mol. The zero-order chi connectivity index (χ0) is 20.9. The van der Waals surface area contributed by atoms with Gasteiger partial charge >= 0.3 is 5.20 Å². The Kier molecular flexibility index (Phi) is 15.7. The Morgan fingerprint density at radius 3 is 1.69 bits per heavy atom. The number of rotatable bonds is 2. The van der Waals surface area contributed by atoms with Crippen LogP contribution >= 0.6 is 70.8 Å². The van der Waals surface area contributed by atoms with Crippen LogP contribution in [0.2, 0.25) is 0 Å². The second-order valence-electron chi connectivity index (χ2n) is 4.45. The molecular formula is C12H17Br2Cl3N5O3P. The molecule has 8 nitrogen and oxygen atoms in total. The Bertz CT molecular complexity index is 696. The average Bonchev–Trinajstić information content (AvgIpc) is 3.02. The predicted octanol–water partition coefficient (Wildman–Crippen LogP) is 4.69. The van der Waals surface area contributed by atoms with E-state index in [2.05, 4.69) is 75.8 Å². The zero-order valence-electron chi connectivity index (χ0n) is 14.2. The molecule has 0 fully saturated rings. The van der Waals surface area contributed by atoms with Crippen LogP contribution in [0.4, 0.5) is 0 Å². The molecule has 0 bridgehead atoms. The predicted molar refractivity (Wildman–Crippen MR) is 112 cm³/mol. The molecule has 148 valence electrons. The van der Waals surface area contributed by atoms with Crippen molar-refractivity contribution < 1.29 is 14.2 Å². The van der Waals surface area contributed by atoms with Gasteiger partial charge in [0.25, 0.3) is 0 Å². The third-order valence-corrected chi connectivity index (χ3v) is 2.87. The van der Waals surface area contributed by atoms with Gasteiger partial charge < -0.3 is 4.90 Å². The van der Waals surface area contributed by atoms with Gasteiger partial charge in [0.05, 0.1) is 5.56 Å². The maximum Gasteiger partial charge on any atom is 0.339 e. The minimum Gasteiger partial charge on any atom is -0.351 e. The van der Waals surface area contributed by atoms with E-state index in [-0.39, 0.29) is 0 Å². The Morgan fingerprint density at radius 2 is 1.58 bits per heavy atom. The molecule has 0 radical (unpaired) electrons. The van der Waals surface area contributed by atoms with Crippen molar-refractivity contribution in [3.63, 3.8) is 0 Å². The summed E-state index contributed by atoms with van der Waals surface area (Å²) in [6.07, 6.45) is 5.04. The zero-order valence-corrected chi connectivity index (χ0v) is 20.5. The topological polar surface area (TPSA) is 90.1 Å². The van der Waals surface area contributed by atoms with Crippen LogP contribution in [-0.2, 0) is 23.5 Å². The van der Waals surface area contributed by atoms with Gasteiger partial charge in [0, 0.05) is 40.6 Å². The molecule has 2 rings (SSSR count). The molecule has 0 aromatic carbocycles. The second kappa shape index (κ2) is 14.6.